The van der Waals surface area contributed by atoms with E-state index in [1.54, 1.807) is 24.5 Å². The Morgan fingerprint density at radius 3 is 3.00 bits per heavy atom. The van der Waals surface area contributed by atoms with Crippen LogP contribution in [0.25, 0.3) is 0 Å². The highest BCUT2D eigenvalue weighted by atomic mass is 79.9. The van der Waals surface area contributed by atoms with Crippen LogP contribution in [0.1, 0.15) is 21.5 Å². The number of hydrogen-bond acceptors (Lipinski definition) is 3. The molecule has 1 heterocycles. The molecule has 0 unspecified atom stereocenters. The highest BCUT2D eigenvalue weighted by molar-refractivity contribution is 9.10. The summed E-state index contributed by atoms with van der Waals surface area (Å²) in [4.78, 5) is 12.0. The summed E-state index contributed by atoms with van der Waals surface area (Å²) in [5, 5.41) is 9.33. The summed E-state index contributed by atoms with van der Waals surface area (Å²) in [6.45, 7) is 2.26. The van der Waals surface area contributed by atoms with Gasteiger partial charge in [0.15, 0.2) is 0 Å². The Kier molecular flexibility index (Phi) is 3.66. The van der Waals surface area contributed by atoms with Crippen LogP contribution in [-0.4, -0.2) is 16.1 Å². The number of nitrogens with one attached hydrogen (secondary N) is 2. The van der Waals surface area contributed by atoms with Crippen molar-refractivity contribution in [3.8, 4) is 0 Å². The Morgan fingerprint density at radius 1 is 1.56 bits per heavy atom. The number of carbonyl (C=O) groups is 1. The van der Waals surface area contributed by atoms with Crippen molar-refractivity contribution in [2.24, 2.45) is 0 Å². The first-order chi connectivity index (χ1) is 8.58. The summed E-state index contributed by atoms with van der Waals surface area (Å²) >= 11 is 3.33. The summed E-state index contributed by atoms with van der Waals surface area (Å²) in [7, 11) is 0. The van der Waals surface area contributed by atoms with Crippen LogP contribution in [0.5, 0.6) is 0 Å². The fourth-order valence-corrected chi connectivity index (χ4v) is 2.06. The maximum atomic E-state index is 12.0. The molecule has 0 aliphatic heterocycles. The van der Waals surface area contributed by atoms with E-state index >= 15 is 0 Å². The Morgan fingerprint density at radius 2 is 2.33 bits per heavy atom. The molecule has 0 atom stereocenters. The van der Waals surface area contributed by atoms with Crippen LogP contribution in [0.15, 0.2) is 29.0 Å². The van der Waals surface area contributed by atoms with Crippen LogP contribution in [0.2, 0.25) is 0 Å². The number of nitrogen functional groups attached to an aromatic ring is 1. The molecule has 4 N–H and O–H groups in total. The van der Waals surface area contributed by atoms with Gasteiger partial charge in [0.25, 0.3) is 5.91 Å². The fourth-order valence-electron chi connectivity index (χ4n) is 1.59. The summed E-state index contributed by atoms with van der Waals surface area (Å²) < 4.78 is 0.791. The molecule has 0 bridgehead atoms. The number of nitrogens with zero attached hydrogens (tertiary/aromatic N) is 1. The number of aromatic nitrogens is 2. The summed E-state index contributed by atoms with van der Waals surface area (Å²) in [6.07, 6.45) is 3.41. The minimum Gasteiger partial charge on any atom is -0.398 e. The molecule has 0 spiro atoms. The van der Waals surface area contributed by atoms with Gasteiger partial charge in [-0.25, -0.2) is 0 Å². The highest BCUT2D eigenvalue weighted by Gasteiger charge is 2.12. The normalized spacial score (nSPS) is 10.3. The van der Waals surface area contributed by atoms with Crippen molar-refractivity contribution in [1.29, 1.82) is 0 Å². The molecule has 2 aromatic rings. The second kappa shape index (κ2) is 5.22. The number of amides is 1. The minimum absolute atomic E-state index is 0.151. The van der Waals surface area contributed by atoms with E-state index in [4.69, 9.17) is 5.73 Å². The number of anilines is 1. The smallest absolute Gasteiger partial charge is 0.251 e. The lowest BCUT2D eigenvalue weighted by Gasteiger charge is -2.09. The average Bonchev–Trinajstić information content (AvgIpc) is 2.83. The van der Waals surface area contributed by atoms with Crippen molar-refractivity contribution in [2.75, 3.05) is 5.73 Å². The number of aromatic amines is 1. The van der Waals surface area contributed by atoms with Crippen LogP contribution in [-0.2, 0) is 6.54 Å². The molecule has 94 valence electrons. The van der Waals surface area contributed by atoms with Crippen LogP contribution < -0.4 is 11.1 Å². The van der Waals surface area contributed by atoms with Gasteiger partial charge in [0.05, 0.1) is 6.20 Å². The van der Waals surface area contributed by atoms with Gasteiger partial charge in [-0.1, -0.05) is 15.9 Å². The van der Waals surface area contributed by atoms with E-state index in [2.05, 4.69) is 31.4 Å². The van der Waals surface area contributed by atoms with Gasteiger partial charge in [0.1, 0.15) is 0 Å². The summed E-state index contributed by atoms with van der Waals surface area (Å²) in [6, 6.07) is 3.54. The number of nitrogens with two attached hydrogens (primary N) is 1. The first-order valence-electron chi connectivity index (χ1n) is 5.39. The Bertz CT molecular complexity index is 566. The van der Waals surface area contributed by atoms with Crippen LogP contribution >= 0.6 is 15.9 Å². The maximum absolute atomic E-state index is 12.0. The minimum atomic E-state index is -0.151. The number of halogens is 1. The second-order valence-corrected chi connectivity index (χ2v) is 4.87. The fraction of sp³-hybridized carbons (Fsp3) is 0.167. The first kappa shape index (κ1) is 12.6. The molecule has 2 rings (SSSR count). The molecular formula is C12H13BrN4O. The standard InChI is InChI=1S/C12H13BrN4O/c1-7-10(2-9(13)3-11(7)14)12(18)15-4-8-5-16-17-6-8/h2-3,5-6H,4,14H2,1H3,(H,15,18)(H,16,17). The van der Waals surface area contributed by atoms with E-state index in [0.717, 1.165) is 15.6 Å². The summed E-state index contributed by atoms with van der Waals surface area (Å²) in [5.41, 5.74) is 8.70. The third-order valence-corrected chi connectivity index (χ3v) is 3.12. The molecule has 0 radical (unpaired) electrons. The maximum Gasteiger partial charge on any atom is 0.251 e. The quantitative estimate of drug-likeness (QED) is 0.758. The van der Waals surface area contributed by atoms with Gasteiger partial charge in [0, 0.05) is 34.0 Å². The van der Waals surface area contributed by atoms with Gasteiger partial charge in [-0.15, -0.1) is 0 Å². The zero-order valence-electron chi connectivity index (χ0n) is 9.83. The summed E-state index contributed by atoms with van der Waals surface area (Å²) in [5.74, 6) is -0.151. The lowest BCUT2D eigenvalue weighted by molar-refractivity contribution is 0.0950. The molecule has 0 aliphatic rings. The van der Waals surface area contributed by atoms with Gasteiger partial charge < -0.3 is 11.1 Å². The van der Waals surface area contributed by atoms with Gasteiger partial charge in [0.2, 0.25) is 0 Å². The topological polar surface area (TPSA) is 83.8 Å². The van der Waals surface area contributed by atoms with Crippen LogP contribution in [0.4, 0.5) is 5.69 Å². The number of hydrogen-bond donors (Lipinski definition) is 3. The Balaban J connectivity index is 2.14. The molecular weight excluding hydrogens is 296 g/mol. The number of benzene rings is 1. The van der Waals surface area contributed by atoms with E-state index < -0.39 is 0 Å². The molecule has 5 nitrogen and oxygen atoms in total. The lowest BCUT2D eigenvalue weighted by Crippen LogP contribution is -2.23. The zero-order chi connectivity index (χ0) is 13.1. The van der Waals surface area contributed by atoms with Crippen molar-refractivity contribution < 1.29 is 4.79 Å². The van der Waals surface area contributed by atoms with E-state index in [1.807, 2.05) is 6.92 Å². The van der Waals surface area contributed by atoms with Gasteiger partial charge in [-0.2, -0.15) is 5.10 Å². The number of carbonyl (C=O) groups excluding carboxylic acids is 1. The van der Waals surface area contributed by atoms with E-state index in [-0.39, 0.29) is 5.91 Å². The zero-order valence-corrected chi connectivity index (χ0v) is 11.4. The molecule has 0 aliphatic carbocycles. The Hall–Kier alpha value is -1.82. The third kappa shape index (κ3) is 2.70. The van der Waals surface area contributed by atoms with E-state index in [9.17, 15) is 4.79 Å². The van der Waals surface area contributed by atoms with Crippen LogP contribution in [0.3, 0.4) is 0 Å². The molecule has 1 aromatic heterocycles. The van der Waals surface area contributed by atoms with Crippen molar-refractivity contribution >= 4 is 27.5 Å². The SMILES string of the molecule is Cc1c(N)cc(Br)cc1C(=O)NCc1cn[nH]c1. The molecule has 6 heteroatoms. The van der Waals surface area contributed by atoms with Gasteiger partial charge in [-0.3, -0.25) is 9.89 Å². The second-order valence-electron chi connectivity index (χ2n) is 3.96. The molecule has 0 fully saturated rings. The monoisotopic (exact) mass is 308 g/mol. The number of H-pyrrole nitrogens is 1. The van der Waals surface area contributed by atoms with Gasteiger partial charge in [-0.05, 0) is 24.6 Å². The molecule has 1 amide bonds. The van der Waals surface area contributed by atoms with E-state index in [1.165, 1.54) is 0 Å². The predicted octanol–water partition coefficient (Wildman–Crippen LogP) is 1.99. The average molecular weight is 309 g/mol. The molecule has 0 saturated heterocycles. The third-order valence-electron chi connectivity index (χ3n) is 2.67. The van der Waals surface area contributed by atoms with Crippen molar-refractivity contribution in [2.45, 2.75) is 13.5 Å². The predicted molar refractivity (Wildman–Crippen MR) is 73.0 cm³/mol. The Labute approximate surface area is 113 Å². The largest absolute Gasteiger partial charge is 0.398 e. The lowest BCUT2D eigenvalue weighted by atomic mass is 10.1. The van der Waals surface area contributed by atoms with Crippen molar-refractivity contribution in [3.05, 3.63) is 45.7 Å². The van der Waals surface area contributed by atoms with Gasteiger partial charge >= 0.3 is 0 Å². The molecule has 1 aromatic carbocycles. The van der Waals surface area contributed by atoms with Crippen molar-refractivity contribution in [1.82, 2.24) is 15.5 Å². The molecule has 18 heavy (non-hydrogen) atoms. The first-order valence-corrected chi connectivity index (χ1v) is 6.18. The molecule has 0 saturated carbocycles. The highest BCUT2D eigenvalue weighted by Crippen LogP contribution is 2.22. The van der Waals surface area contributed by atoms with Crippen LogP contribution in [0, 0.1) is 6.92 Å². The number of rotatable bonds is 3. The van der Waals surface area contributed by atoms with E-state index in [0.29, 0.717) is 17.8 Å². The van der Waals surface area contributed by atoms with Crippen molar-refractivity contribution in [3.63, 3.8) is 0 Å².